The SMILES string of the molecule is CC(C)n1c(C2CCN(C(=O)C3=CCCCCC3)CC2)n[nH]c1=S. The molecule has 1 amide bonds. The Bertz CT molecular complexity index is 665. The van der Waals surface area contributed by atoms with Gasteiger partial charge in [0.1, 0.15) is 5.82 Å². The second-order valence-corrected chi connectivity index (χ2v) is 7.63. The fraction of sp³-hybridized carbons (Fsp3) is 0.722. The molecule has 0 aromatic carbocycles. The van der Waals surface area contributed by atoms with Crippen LogP contribution in [0.4, 0.5) is 0 Å². The number of hydrogen-bond acceptors (Lipinski definition) is 3. The Morgan fingerprint density at radius 3 is 2.75 bits per heavy atom. The van der Waals surface area contributed by atoms with Crippen molar-refractivity contribution in [3.63, 3.8) is 0 Å². The van der Waals surface area contributed by atoms with Crippen molar-refractivity contribution in [2.45, 2.75) is 70.8 Å². The highest BCUT2D eigenvalue weighted by atomic mass is 32.1. The van der Waals surface area contributed by atoms with Crippen LogP contribution in [0, 0.1) is 4.77 Å². The van der Waals surface area contributed by atoms with Crippen LogP contribution in [0.1, 0.15) is 76.6 Å². The second-order valence-electron chi connectivity index (χ2n) is 7.25. The second kappa shape index (κ2) is 7.64. The molecule has 2 heterocycles. The summed E-state index contributed by atoms with van der Waals surface area (Å²) in [5.41, 5.74) is 1.04. The monoisotopic (exact) mass is 348 g/mol. The molecule has 1 aromatic rings. The molecule has 0 radical (unpaired) electrons. The van der Waals surface area contributed by atoms with E-state index in [1.165, 1.54) is 12.8 Å². The molecule has 5 nitrogen and oxygen atoms in total. The zero-order valence-electron chi connectivity index (χ0n) is 14.8. The van der Waals surface area contributed by atoms with Crippen molar-refractivity contribution >= 4 is 18.1 Å². The number of carbonyl (C=O) groups excluding carboxylic acids is 1. The van der Waals surface area contributed by atoms with Crippen molar-refractivity contribution in [2.24, 2.45) is 0 Å². The highest BCUT2D eigenvalue weighted by Crippen LogP contribution is 2.29. The van der Waals surface area contributed by atoms with Gasteiger partial charge in [0.15, 0.2) is 4.77 Å². The van der Waals surface area contributed by atoms with E-state index in [0.717, 1.165) is 56.6 Å². The number of rotatable bonds is 3. The van der Waals surface area contributed by atoms with Gasteiger partial charge >= 0.3 is 0 Å². The Balaban J connectivity index is 1.65. The van der Waals surface area contributed by atoms with E-state index >= 15 is 0 Å². The molecule has 0 bridgehead atoms. The maximum Gasteiger partial charge on any atom is 0.249 e. The van der Waals surface area contributed by atoms with Crippen molar-refractivity contribution in [3.05, 3.63) is 22.2 Å². The number of hydrogen-bond donors (Lipinski definition) is 1. The van der Waals surface area contributed by atoms with E-state index < -0.39 is 0 Å². The Morgan fingerprint density at radius 1 is 1.29 bits per heavy atom. The largest absolute Gasteiger partial charge is 0.339 e. The summed E-state index contributed by atoms with van der Waals surface area (Å²) in [5.74, 6) is 1.70. The number of aromatic amines is 1. The van der Waals surface area contributed by atoms with E-state index in [9.17, 15) is 4.79 Å². The van der Waals surface area contributed by atoms with E-state index in [-0.39, 0.29) is 5.91 Å². The van der Waals surface area contributed by atoms with Gasteiger partial charge in [-0.2, -0.15) is 5.10 Å². The fourth-order valence-corrected chi connectivity index (χ4v) is 4.21. The van der Waals surface area contributed by atoms with Gasteiger partial charge in [-0.1, -0.05) is 12.5 Å². The fourth-order valence-electron chi connectivity index (χ4n) is 3.86. The lowest BCUT2D eigenvalue weighted by Crippen LogP contribution is -2.39. The van der Waals surface area contributed by atoms with Gasteiger partial charge in [-0.25, -0.2) is 0 Å². The Kier molecular flexibility index (Phi) is 5.54. The first-order chi connectivity index (χ1) is 11.6. The minimum atomic E-state index is 0.262. The number of aromatic nitrogens is 3. The smallest absolute Gasteiger partial charge is 0.249 e. The Labute approximate surface area is 149 Å². The Morgan fingerprint density at radius 2 is 2.04 bits per heavy atom. The topological polar surface area (TPSA) is 53.9 Å². The molecule has 2 aliphatic rings. The van der Waals surface area contributed by atoms with Crippen LogP contribution in [0.2, 0.25) is 0 Å². The van der Waals surface area contributed by atoms with Gasteiger partial charge in [-0.05, 0) is 64.6 Å². The third-order valence-electron chi connectivity index (χ3n) is 5.21. The van der Waals surface area contributed by atoms with Crippen molar-refractivity contribution in [1.82, 2.24) is 19.7 Å². The zero-order chi connectivity index (χ0) is 17.1. The third-order valence-corrected chi connectivity index (χ3v) is 5.50. The third kappa shape index (κ3) is 3.63. The van der Waals surface area contributed by atoms with Crippen molar-refractivity contribution in [3.8, 4) is 0 Å². The average Bonchev–Trinajstić information content (AvgIpc) is 2.80. The van der Waals surface area contributed by atoms with E-state index in [4.69, 9.17) is 12.2 Å². The lowest BCUT2D eigenvalue weighted by atomic mass is 9.95. The zero-order valence-corrected chi connectivity index (χ0v) is 15.6. The van der Waals surface area contributed by atoms with Crippen LogP contribution in [0.15, 0.2) is 11.6 Å². The van der Waals surface area contributed by atoms with E-state index in [1.807, 2.05) is 4.90 Å². The lowest BCUT2D eigenvalue weighted by Gasteiger charge is -2.32. The molecule has 0 unspecified atom stereocenters. The molecule has 24 heavy (non-hydrogen) atoms. The van der Waals surface area contributed by atoms with Crippen LogP contribution in [-0.4, -0.2) is 38.7 Å². The first-order valence-corrected chi connectivity index (χ1v) is 9.64. The van der Waals surface area contributed by atoms with Crippen LogP contribution >= 0.6 is 12.2 Å². The molecule has 3 rings (SSSR count). The summed E-state index contributed by atoms with van der Waals surface area (Å²) < 4.78 is 2.81. The van der Waals surface area contributed by atoms with Crippen LogP contribution in [0.5, 0.6) is 0 Å². The lowest BCUT2D eigenvalue weighted by molar-refractivity contribution is -0.128. The number of nitrogens with one attached hydrogen (secondary N) is 1. The van der Waals surface area contributed by atoms with Crippen molar-refractivity contribution in [2.75, 3.05) is 13.1 Å². The number of H-pyrrole nitrogens is 1. The molecule has 0 atom stereocenters. The molecule has 1 saturated heterocycles. The van der Waals surface area contributed by atoms with Crippen LogP contribution < -0.4 is 0 Å². The molecular formula is C18H28N4OS. The molecule has 1 aromatic heterocycles. The molecule has 0 saturated carbocycles. The van der Waals surface area contributed by atoms with Crippen LogP contribution in [0.3, 0.4) is 0 Å². The minimum Gasteiger partial charge on any atom is -0.339 e. The number of likely N-dealkylation sites (tertiary alicyclic amines) is 1. The van der Waals surface area contributed by atoms with Gasteiger partial charge in [-0.3, -0.25) is 9.89 Å². The highest BCUT2D eigenvalue weighted by molar-refractivity contribution is 7.71. The van der Waals surface area contributed by atoms with Crippen LogP contribution in [-0.2, 0) is 4.79 Å². The molecule has 0 spiro atoms. The summed E-state index contributed by atoms with van der Waals surface area (Å²) in [5, 5.41) is 7.40. The molecule has 1 fully saturated rings. The number of allylic oxidation sites excluding steroid dienone is 1. The number of nitrogens with zero attached hydrogens (tertiary/aromatic N) is 3. The number of amides is 1. The molecule has 1 aliphatic carbocycles. The maximum atomic E-state index is 12.7. The van der Waals surface area contributed by atoms with Gasteiger partial charge in [0.25, 0.3) is 0 Å². The Hall–Kier alpha value is -1.43. The normalized spacial score (nSPS) is 20.1. The first-order valence-electron chi connectivity index (χ1n) is 9.23. The number of piperidine rings is 1. The van der Waals surface area contributed by atoms with Gasteiger partial charge in [0.05, 0.1) is 0 Å². The minimum absolute atomic E-state index is 0.262. The summed E-state index contributed by atoms with van der Waals surface area (Å²) in [6.07, 6.45) is 9.72. The van der Waals surface area contributed by atoms with Crippen molar-refractivity contribution in [1.29, 1.82) is 0 Å². The van der Waals surface area contributed by atoms with E-state index in [1.54, 1.807) is 0 Å². The first kappa shape index (κ1) is 17.4. The quantitative estimate of drug-likeness (QED) is 0.836. The van der Waals surface area contributed by atoms with Crippen LogP contribution in [0.25, 0.3) is 0 Å². The van der Waals surface area contributed by atoms with Gasteiger partial charge in [0.2, 0.25) is 5.91 Å². The predicted octanol–water partition coefficient (Wildman–Crippen LogP) is 4.12. The summed E-state index contributed by atoms with van der Waals surface area (Å²) in [6, 6.07) is 0.307. The summed E-state index contributed by atoms with van der Waals surface area (Å²) >= 11 is 5.35. The van der Waals surface area contributed by atoms with E-state index in [0.29, 0.717) is 16.7 Å². The molecule has 6 heteroatoms. The average molecular weight is 349 g/mol. The number of carbonyl (C=O) groups is 1. The van der Waals surface area contributed by atoms with Gasteiger partial charge in [0, 0.05) is 30.6 Å². The maximum absolute atomic E-state index is 12.7. The molecule has 1 aliphatic heterocycles. The molecular weight excluding hydrogens is 320 g/mol. The van der Waals surface area contributed by atoms with Gasteiger partial charge in [-0.15, -0.1) is 0 Å². The standard InChI is InChI=1S/C18H28N4OS/c1-13(2)22-16(19-20-18(22)24)14-9-11-21(12-10-14)17(23)15-7-5-3-4-6-8-15/h7,13-14H,3-6,8-12H2,1-2H3,(H,20,24). The van der Waals surface area contributed by atoms with Crippen molar-refractivity contribution < 1.29 is 4.79 Å². The summed E-state index contributed by atoms with van der Waals surface area (Å²) in [7, 11) is 0. The predicted molar refractivity (Wildman–Crippen MR) is 97.5 cm³/mol. The van der Waals surface area contributed by atoms with E-state index in [2.05, 4.69) is 34.7 Å². The summed E-state index contributed by atoms with van der Waals surface area (Å²) in [6.45, 7) is 5.90. The highest BCUT2D eigenvalue weighted by Gasteiger charge is 2.28. The summed E-state index contributed by atoms with van der Waals surface area (Å²) in [4.78, 5) is 14.8. The van der Waals surface area contributed by atoms with Gasteiger partial charge < -0.3 is 9.47 Å². The molecule has 132 valence electrons. The molecule has 1 N–H and O–H groups in total.